The third-order valence-corrected chi connectivity index (χ3v) is 11.6. The molecule has 11 rings (SSSR count). The van der Waals surface area contributed by atoms with E-state index < -0.39 is 0 Å². The fourth-order valence-electron chi connectivity index (χ4n) is 8.97. The normalized spacial score (nSPS) is 11.6. The third-order valence-electron chi connectivity index (χ3n) is 11.6. The van der Waals surface area contributed by atoms with Gasteiger partial charge in [-0.05, 0) is 146 Å². The second kappa shape index (κ2) is 13.2. The van der Waals surface area contributed by atoms with E-state index in [-0.39, 0.29) is 0 Å². The summed E-state index contributed by atoms with van der Waals surface area (Å²) in [5.41, 5.74) is 14.7. The molecule has 0 aromatic heterocycles. The maximum absolute atomic E-state index is 2.45. The summed E-state index contributed by atoms with van der Waals surface area (Å²) in [7, 11) is 0. The van der Waals surface area contributed by atoms with Gasteiger partial charge < -0.3 is 0 Å². The van der Waals surface area contributed by atoms with Crippen molar-refractivity contribution in [2.45, 2.75) is 0 Å². The van der Waals surface area contributed by atoms with Gasteiger partial charge in [-0.25, -0.2) is 0 Å². The molecule has 260 valence electrons. The highest BCUT2D eigenvalue weighted by atomic mass is 14.2. The van der Waals surface area contributed by atoms with E-state index in [4.69, 9.17) is 0 Å². The van der Waals surface area contributed by atoms with E-state index in [0.717, 1.165) is 0 Å². The lowest BCUT2D eigenvalue weighted by Gasteiger charge is -2.19. The zero-order valence-corrected chi connectivity index (χ0v) is 30.8. The van der Waals surface area contributed by atoms with Gasteiger partial charge in [-0.3, -0.25) is 0 Å². The Kier molecular flexibility index (Phi) is 7.60. The topological polar surface area (TPSA) is 0 Å². The summed E-state index contributed by atoms with van der Waals surface area (Å²) in [4.78, 5) is 0. The van der Waals surface area contributed by atoms with Crippen molar-refractivity contribution in [2.75, 3.05) is 0 Å². The summed E-state index contributed by atoms with van der Waals surface area (Å²) < 4.78 is 0. The van der Waals surface area contributed by atoms with Gasteiger partial charge in [0, 0.05) is 0 Å². The van der Waals surface area contributed by atoms with Crippen molar-refractivity contribution in [3.63, 3.8) is 0 Å². The molecule has 0 N–H and O–H groups in total. The molecule has 0 heteroatoms. The van der Waals surface area contributed by atoms with Crippen LogP contribution in [0.1, 0.15) is 0 Å². The Labute approximate surface area is 326 Å². The van der Waals surface area contributed by atoms with Gasteiger partial charge in [-0.1, -0.05) is 182 Å². The predicted molar refractivity (Wildman–Crippen MR) is 240 cm³/mol. The molecule has 0 aliphatic carbocycles. The molecule has 0 saturated carbocycles. The third kappa shape index (κ3) is 5.38. The zero-order valence-electron chi connectivity index (χ0n) is 30.8. The maximum Gasteiger partial charge on any atom is -0.00259 e. The zero-order chi connectivity index (χ0) is 37.0. The van der Waals surface area contributed by atoms with Crippen molar-refractivity contribution < 1.29 is 0 Å². The Hall–Kier alpha value is -7.28. The van der Waals surface area contributed by atoms with Crippen LogP contribution in [0.5, 0.6) is 0 Å². The minimum atomic E-state index is 1.22. The van der Waals surface area contributed by atoms with Crippen molar-refractivity contribution in [3.05, 3.63) is 218 Å². The maximum atomic E-state index is 2.45. The van der Waals surface area contributed by atoms with Crippen LogP contribution in [0.2, 0.25) is 0 Å². The Bertz CT molecular complexity index is 2980. The van der Waals surface area contributed by atoms with Gasteiger partial charge in [0.25, 0.3) is 0 Å². The molecule has 0 amide bonds. The molecule has 0 aliphatic heterocycles. The van der Waals surface area contributed by atoms with Gasteiger partial charge in [0.15, 0.2) is 0 Å². The summed E-state index contributed by atoms with van der Waals surface area (Å²) in [6.45, 7) is 0. The van der Waals surface area contributed by atoms with E-state index >= 15 is 0 Å². The van der Waals surface area contributed by atoms with Crippen LogP contribution in [0.15, 0.2) is 218 Å². The average Bonchev–Trinajstić information content (AvgIpc) is 3.28. The van der Waals surface area contributed by atoms with E-state index in [0.29, 0.717) is 0 Å². The number of fused-ring (bicyclic) bond motifs is 2. The van der Waals surface area contributed by atoms with Crippen LogP contribution >= 0.6 is 0 Å². The van der Waals surface area contributed by atoms with Crippen LogP contribution in [0.3, 0.4) is 0 Å². The van der Waals surface area contributed by atoms with E-state index in [1.54, 1.807) is 0 Å². The van der Waals surface area contributed by atoms with Crippen molar-refractivity contribution >= 4 is 43.1 Å². The average molecular weight is 709 g/mol. The molecule has 0 heterocycles. The monoisotopic (exact) mass is 708 g/mol. The highest BCUT2D eigenvalue weighted by molar-refractivity contribution is 6.34. The van der Waals surface area contributed by atoms with Crippen LogP contribution in [0.25, 0.3) is 110 Å². The first-order chi connectivity index (χ1) is 27.8. The molecular formula is C56H36. The molecule has 56 heavy (non-hydrogen) atoms. The van der Waals surface area contributed by atoms with Crippen LogP contribution in [-0.4, -0.2) is 0 Å². The fourth-order valence-corrected chi connectivity index (χ4v) is 8.97. The summed E-state index contributed by atoms with van der Waals surface area (Å²) >= 11 is 0. The van der Waals surface area contributed by atoms with E-state index in [2.05, 4.69) is 218 Å². The lowest BCUT2D eigenvalue weighted by atomic mass is 9.84. The molecule has 0 aliphatic rings. The number of hydrogen-bond acceptors (Lipinski definition) is 0. The van der Waals surface area contributed by atoms with E-state index in [1.165, 1.54) is 110 Å². The van der Waals surface area contributed by atoms with Crippen molar-refractivity contribution in [1.29, 1.82) is 0 Å². The first kappa shape index (κ1) is 32.2. The molecule has 0 atom stereocenters. The summed E-state index contributed by atoms with van der Waals surface area (Å²) in [5, 5.41) is 10.3. The number of rotatable bonds is 6. The quantitative estimate of drug-likeness (QED) is 0.119. The Morgan fingerprint density at radius 1 is 0.179 bits per heavy atom. The van der Waals surface area contributed by atoms with Crippen LogP contribution in [0, 0.1) is 0 Å². The van der Waals surface area contributed by atoms with Gasteiger partial charge in [0.2, 0.25) is 0 Å². The minimum absolute atomic E-state index is 1.22. The van der Waals surface area contributed by atoms with Crippen LogP contribution in [0.4, 0.5) is 0 Å². The highest BCUT2D eigenvalue weighted by Gasteiger charge is 2.19. The van der Waals surface area contributed by atoms with E-state index in [1.807, 2.05) is 0 Å². The molecule has 0 radical (unpaired) electrons. The molecule has 0 unspecified atom stereocenters. The van der Waals surface area contributed by atoms with Gasteiger partial charge in [-0.2, -0.15) is 0 Å². The second-order valence-electron chi connectivity index (χ2n) is 14.8. The van der Waals surface area contributed by atoms with Gasteiger partial charge in [0.1, 0.15) is 0 Å². The second-order valence-corrected chi connectivity index (χ2v) is 14.8. The van der Waals surface area contributed by atoms with Crippen molar-refractivity contribution in [3.8, 4) is 66.8 Å². The largest absolute Gasteiger partial charge is 0.0622 e. The molecule has 0 nitrogen and oxygen atoms in total. The molecule has 11 aromatic rings. The minimum Gasteiger partial charge on any atom is -0.0622 e. The van der Waals surface area contributed by atoms with Gasteiger partial charge in [0.05, 0.1) is 0 Å². The van der Waals surface area contributed by atoms with Crippen LogP contribution in [-0.2, 0) is 0 Å². The Morgan fingerprint density at radius 2 is 0.554 bits per heavy atom. The van der Waals surface area contributed by atoms with Crippen molar-refractivity contribution in [1.82, 2.24) is 0 Å². The molecule has 0 spiro atoms. The Morgan fingerprint density at radius 3 is 0.946 bits per heavy atom. The highest BCUT2D eigenvalue weighted by Crippen LogP contribution is 2.46. The van der Waals surface area contributed by atoms with E-state index in [9.17, 15) is 0 Å². The molecule has 0 saturated heterocycles. The predicted octanol–water partition coefficient (Wildman–Crippen LogP) is 15.7. The first-order valence-corrected chi connectivity index (χ1v) is 19.4. The molecule has 0 fully saturated rings. The smallest absolute Gasteiger partial charge is 0.00259 e. The lowest BCUT2D eigenvalue weighted by molar-refractivity contribution is 1.57. The molecule has 0 bridgehead atoms. The van der Waals surface area contributed by atoms with Gasteiger partial charge >= 0.3 is 0 Å². The summed E-state index contributed by atoms with van der Waals surface area (Å²) in [6, 6.07) is 80.3. The lowest BCUT2D eigenvalue weighted by Crippen LogP contribution is -1.92. The Balaban J connectivity index is 1.17. The van der Waals surface area contributed by atoms with Crippen molar-refractivity contribution in [2.24, 2.45) is 0 Å². The summed E-state index contributed by atoms with van der Waals surface area (Å²) in [6.07, 6.45) is 0. The number of benzene rings is 11. The fraction of sp³-hybridized carbons (Fsp3) is 0. The first-order valence-electron chi connectivity index (χ1n) is 19.4. The summed E-state index contributed by atoms with van der Waals surface area (Å²) in [5.74, 6) is 0. The SMILES string of the molecule is c1ccc(-c2ccc(-c3ccccc3)c(-c3cc4cccc5c6cc(-c7cc(-c8ccccc8)ccc7-c7ccccc7)cc7cccc(c(c3)c45)c76)c2)cc1. The van der Waals surface area contributed by atoms with Crippen LogP contribution < -0.4 is 0 Å². The molecule has 11 aromatic carbocycles. The number of hydrogen-bond donors (Lipinski definition) is 0. The molecular weight excluding hydrogens is 673 g/mol. The van der Waals surface area contributed by atoms with Gasteiger partial charge in [-0.15, -0.1) is 0 Å². The standard InChI is InChI=1S/C56H36/c1-5-15-37(16-6-1)41-27-29-47(39-19-9-3-10-20-39)51(33-41)45-31-43-23-13-26-50-54-36-46(32-44-24-14-25-49(56(44)54)53(35-45)55(43)50)52-34-42(38-17-7-2-8-18-38)28-30-48(52)40-21-11-4-12-22-40/h1-36H.